The minimum absolute atomic E-state index is 0.218. The fourth-order valence-corrected chi connectivity index (χ4v) is 1.50. The predicted molar refractivity (Wildman–Crippen MR) is 73.3 cm³/mol. The van der Waals surface area contributed by atoms with E-state index in [1.807, 2.05) is 0 Å². The van der Waals surface area contributed by atoms with Gasteiger partial charge in [0.25, 0.3) is 0 Å². The number of ether oxygens (including phenoxy) is 1. The van der Waals surface area contributed by atoms with Crippen molar-refractivity contribution in [2.75, 3.05) is 13.2 Å². The van der Waals surface area contributed by atoms with Gasteiger partial charge in [0.05, 0.1) is 6.61 Å². The summed E-state index contributed by atoms with van der Waals surface area (Å²) in [6, 6.07) is -1.54. The van der Waals surface area contributed by atoms with Gasteiger partial charge >= 0.3 is 18.0 Å². The van der Waals surface area contributed by atoms with Gasteiger partial charge in [0.15, 0.2) is 0 Å². The molecule has 0 aliphatic rings. The summed E-state index contributed by atoms with van der Waals surface area (Å²) in [5.74, 6) is -1.40. The van der Waals surface area contributed by atoms with E-state index in [0.717, 1.165) is 0 Å². The first-order valence-electron chi connectivity index (χ1n) is 6.61. The van der Waals surface area contributed by atoms with E-state index in [0.29, 0.717) is 13.0 Å². The van der Waals surface area contributed by atoms with Gasteiger partial charge in [-0.2, -0.15) is 0 Å². The number of aliphatic carboxylic acids is 1. The van der Waals surface area contributed by atoms with Crippen LogP contribution in [0.5, 0.6) is 0 Å². The number of carboxylic acid groups (broad SMARTS) is 1. The molecule has 1 atom stereocenters. The Balaban J connectivity index is 4.04. The van der Waals surface area contributed by atoms with Crippen molar-refractivity contribution in [1.82, 2.24) is 10.6 Å². The molecule has 2 amide bonds. The van der Waals surface area contributed by atoms with Crippen LogP contribution in [0, 0.1) is 5.41 Å². The van der Waals surface area contributed by atoms with E-state index >= 15 is 0 Å². The lowest BCUT2D eigenvalue weighted by atomic mass is 9.87. The molecule has 0 aliphatic heterocycles. The van der Waals surface area contributed by atoms with Crippen LogP contribution in [0.15, 0.2) is 0 Å². The Bertz CT molecular complexity index is 349. The van der Waals surface area contributed by atoms with E-state index in [9.17, 15) is 14.4 Å². The average molecular weight is 288 g/mol. The number of carboxylic acids is 1. The predicted octanol–water partition coefficient (Wildman–Crippen LogP) is 1.13. The third-order valence-electron chi connectivity index (χ3n) is 2.54. The van der Waals surface area contributed by atoms with Crippen LogP contribution in [0.25, 0.3) is 0 Å². The standard InChI is InChI=1S/C13H24N2O5/c1-5-20-9(16)7-6-8-14-12(19)15-10(11(17)18)13(2,3)4/h10H,5-8H2,1-4H3,(H,17,18)(H2,14,15,19). The van der Waals surface area contributed by atoms with Crippen molar-refractivity contribution in [3.05, 3.63) is 0 Å². The normalized spacial score (nSPS) is 12.4. The number of esters is 1. The molecule has 20 heavy (non-hydrogen) atoms. The summed E-state index contributed by atoms with van der Waals surface area (Å²) in [7, 11) is 0. The molecule has 1 unspecified atom stereocenters. The molecule has 0 aromatic rings. The Hall–Kier alpha value is -1.79. The molecule has 0 radical (unpaired) electrons. The largest absolute Gasteiger partial charge is 0.480 e. The molecule has 7 nitrogen and oxygen atoms in total. The Labute approximate surface area is 119 Å². The van der Waals surface area contributed by atoms with Crippen molar-refractivity contribution in [2.24, 2.45) is 5.41 Å². The number of amides is 2. The Kier molecular flexibility index (Phi) is 7.64. The summed E-state index contributed by atoms with van der Waals surface area (Å²) >= 11 is 0. The molecule has 0 fully saturated rings. The second-order valence-electron chi connectivity index (χ2n) is 5.45. The van der Waals surface area contributed by atoms with Crippen LogP contribution in [0.2, 0.25) is 0 Å². The highest BCUT2D eigenvalue weighted by atomic mass is 16.5. The molecule has 0 rings (SSSR count). The highest BCUT2D eigenvalue weighted by Crippen LogP contribution is 2.19. The Morgan fingerprint density at radius 3 is 2.30 bits per heavy atom. The van der Waals surface area contributed by atoms with Crippen molar-refractivity contribution < 1.29 is 24.2 Å². The zero-order valence-electron chi connectivity index (χ0n) is 12.5. The second kappa shape index (κ2) is 8.39. The third kappa shape index (κ3) is 7.60. The van der Waals surface area contributed by atoms with Crippen LogP contribution in [0.3, 0.4) is 0 Å². The molecular formula is C13H24N2O5. The van der Waals surface area contributed by atoms with E-state index in [2.05, 4.69) is 10.6 Å². The van der Waals surface area contributed by atoms with Gasteiger partial charge in [0.2, 0.25) is 0 Å². The minimum atomic E-state index is -1.08. The third-order valence-corrected chi connectivity index (χ3v) is 2.54. The molecule has 0 aliphatic carbocycles. The molecular weight excluding hydrogens is 264 g/mol. The number of hydrogen-bond acceptors (Lipinski definition) is 4. The molecule has 0 saturated carbocycles. The van der Waals surface area contributed by atoms with Crippen molar-refractivity contribution >= 4 is 18.0 Å². The van der Waals surface area contributed by atoms with Crippen LogP contribution in [-0.4, -0.2) is 42.3 Å². The lowest BCUT2D eigenvalue weighted by molar-refractivity contribution is -0.143. The van der Waals surface area contributed by atoms with E-state index < -0.39 is 23.5 Å². The van der Waals surface area contributed by atoms with E-state index in [4.69, 9.17) is 9.84 Å². The maximum atomic E-state index is 11.6. The van der Waals surface area contributed by atoms with Crippen molar-refractivity contribution in [3.8, 4) is 0 Å². The zero-order valence-corrected chi connectivity index (χ0v) is 12.5. The maximum absolute atomic E-state index is 11.6. The zero-order chi connectivity index (χ0) is 15.8. The molecule has 0 heterocycles. The van der Waals surface area contributed by atoms with Gasteiger partial charge in [0.1, 0.15) is 6.04 Å². The van der Waals surface area contributed by atoms with Gasteiger partial charge in [-0.25, -0.2) is 9.59 Å². The van der Waals surface area contributed by atoms with Crippen molar-refractivity contribution in [2.45, 2.75) is 46.6 Å². The minimum Gasteiger partial charge on any atom is -0.480 e. The number of urea groups is 1. The smallest absolute Gasteiger partial charge is 0.326 e. The van der Waals surface area contributed by atoms with Crippen molar-refractivity contribution in [1.29, 1.82) is 0 Å². The molecule has 0 spiro atoms. The molecule has 3 N–H and O–H groups in total. The molecule has 0 aromatic heterocycles. The quantitative estimate of drug-likeness (QED) is 0.481. The number of carbonyl (C=O) groups is 3. The van der Waals surface area contributed by atoms with Crippen LogP contribution in [0.1, 0.15) is 40.5 Å². The van der Waals surface area contributed by atoms with Gasteiger partial charge in [0, 0.05) is 13.0 Å². The highest BCUT2D eigenvalue weighted by molar-refractivity contribution is 5.83. The second-order valence-corrected chi connectivity index (χ2v) is 5.45. The first-order valence-corrected chi connectivity index (χ1v) is 6.61. The summed E-state index contributed by atoms with van der Waals surface area (Å²) < 4.78 is 4.74. The number of hydrogen-bond donors (Lipinski definition) is 3. The summed E-state index contributed by atoms with van der Waals surface area (Å²) in [5, 5.41) is 14.0. The van der Waals surface area contributed by atoms with E-state index in [1.54, 1.807) is 27.7 Å². The summed E-state index contributed by atoms with van der Waals surface area (Å²) in [6.07, 6.45) is 0.662. The van der Waals surface area contributed by atoms with Crippen LogP contribution < -0.4 is 10.6 Å². The SMILES string of the molecule is CCOC(=O)CCCNC(=O)NC(C(=O)O)C(C)(C)C. The van der Waals surface area contributed by atoms with Crippen LogP contribution in [0.4, 0.5) is 4.79 Å². The van der Waals surface area contributed by atoms with E-state index in [1.165, 1.54) is 0 Å². The fraction of sp³-hybridized carbons (Fsp3) is 0.769. The topological polar surface area (TPSA) is 105 Å². The first-order chi connectivity index (χ1) is 9.18. The van der Waals surface area contributed by atoms with E-state index in [-0.39, 0.29) is 18.9 Å². The first kappa shape index (κ1) is 18.2. The molecule has 116 valence electrons. The van der Waals surface area contributed by atoms with Crippen LogP contribution in [-0.2, 0) is 14.3 Å². The van der Waals surface area contributed by atoms with Crippen molar-refractivity contribution in [3.63, 3.8) is 0 Å². The summed E-state index contributed by atoms with van der Waals surface area (Å²) in [6.45, 7) is 7.52. The van der Waals surface area contributed by atoms with Gasteiger partial charge < -0.3 is 20.5 Å². The van der Waals surface area contributed by atoms with Gasteiger partial charge in [-0.05, 0) is 18.8 Å². The van der Waals surface area contributed by atoms with Gasteiger partial charge in [-0.3, -0.25) is 4.79 Å². The fourth-order valence-electron chi connectivity index (χ4n) is 1.50. The summed E-state index contributed by atoms with van der Waals surface area (Å²) in [4.78, 5) is 33.7. The Morgan fingerprint density at radius 2 is 1.85 bits per heavy atom. The monoisotopic (exact) mass is 288 g/mol. The molecule has 7 heteroatoms. The van der Waals surface area contributed by atoms with Gasteiger partial charge in [-0.15, -0.1) is 0 Å². The summed E-state index contributed by atoms with van der Waals surface area (Å²) in [5.41, 5.74) is -0.589. The number of carbonyl (C=O) groups excluding carboxylic acids is 2. The maximum Gasteiger partial charge on any atom is 0.326 e. The molecule has 0 aromatic carbocycles. The number of rotatable bonds is 7. The Morgan fingerprint density at radius 1 is 1.25 bits per heavy atom. The number of nitrogens with one attached hydrogen (secondary N) is 2. The average Bonchev–Trinajstić information content (AvgIpc) is 2.30. The van der Waals surface area contributed by atoms with Gasteiger partial charge in [-0.1, -0.05) is 20.8 Å². The lowest BCUT2D eigenvalue weighted by Gasteiger charge is -2.27. The molecule has 0 saturated heterocycles. The lowest BCUT2D eigenvalue weighted by Crippen LogP contribution is -2.52. The highest BCUT2D eigenvalue weighted by Gasteiger charge is 2.32. The molecule has 0 bridgehead atoms. The van der Waals surface area contributed by atoms with Crippen LogP contribution >= 0.6 is 0 Å².